The Morgan fingerprint density at radius 1 is 0.773 bits per heavy atom. The number of nitrogens with zero attached hydrogens (tertiary/aromatic N) is 2. The first kappa shape index (κ1) is 32.5. The second-order valence-corrected chi connectivity index (χ2v) is 12.9. The molecule has 7 nitrogen and oxygen atoms in total. The maximum absolute atomic E-state index is 14.5. The number of carbonyl (C=O) groups excluding carboxylic acids is 2. The Balaban J connectivity index is 1.81. The Morgan fingerprint density at radius 2 is 1.39 bits per heavy atom. The van der Waals surface area contributed by atoms with Crippen LogP contribution in [0, 0.1) is 20.8 Å². The molecule has 0 fully saturated rings. The van der Waals surface area contributed by atoms with Crippen molar-refractivity contribution in [2.24, 2.45) is 0 Å². The van der Waals surface area contributed by atoms with Gasteiger partial charge in [-0.1, -0.05) is 97.4 Å². The smallest absolute Gasteiger partial charge is 0.264 e. The van der Waals surface area contributed by atoms with Crippen molar-refractivity contribution in [2.75, 3.05) is 17.4 Å². The van der Waals surface area contributed by atoms with Crippen LogP contribution >= 0.6 is 0 Å². The second kappa shape index (κ2) is 14.8. The van der Waals surface area contributed by atoms with Crippen molar-refractivity contribution in [3.05, 3.63) is 131 Å². The van der Waals surface area contributed by atoms with Crippen LogP contribution in [0.2, 0.25) is 0 Å². The normalized spacial score (nSPS) is 11.9. The topological polar surface area (TPSA) is 86.8 Å². The van der Waals surface area contributed by atoms with Crippen LogP contribution in [-0.2, 0) is 32.6 Å². The van der Waals surface area contributed by atoms with Crippen molar-refractivity contribution in [2.45, 2.75) is 58.0 Å². The van der Waals surface area contributed by atoms with Gasteiger partial charge >= 0.3 is 0 Å². The van der Waals surface area contributed by atoms with Crippen molar-refractivity contribution < 1.29 is 18.0 Å². The molecule has 0 saturated heterocycles. The third-order valence-corrected chi connectivity index (χ3v) is 9.47. The standard InChI is InChI=1S/C36H41N3O4S/c1-5-23-37-36(41)34(24-30-15-7-6-8-16-30)38(25-31-17-11-9-13-28(31)3)35(40)26-39(33-18-12-10-14-29(33)4)44(42,43)32-21-19-27(2)20-22-32/h6-22,34H,5,23-26H2,1-4H3,(H,37,41). The highest BCUT2D eigenvalue weighted by molar-refractivity contribution is 7.92. The molecule has 0 aliphatic rings. The van der Waals surface area contributed by atoms with Gasteiger partial charge in [0.15, 0.2) is 0 Å². The number of hydrogen-bond acceptors (Lipinski definition) is 4. The minimum Gasteiger partial charge on any atom is -0.354 e. The van der Waals surface area contributed by atoms with Crippen LogP contribution in [0.15, 0.2) is 108 Å². The first-order valence-corrected chi connectivity index (χ1v) is 16.4. The average Bonchev–Trinajstić information content (AvgIpc) is 3.02. The molecule has 0 saturated carbocycles. The van der Waals surface area contributed by atoms with Gasteiger partial charge in [-0.05, 0) is 67.6 Å². The van der Waals surface area contributed by atoms with Crippen molar-refractivity contribution in [3.63, 3.8) is 0 Å². The molecule has 0 aliphatic carbocycles. The van der Waals surface area contributed by atoms with E-state index in [1.807, 2.05) is 94.4 Å². The third kappa shape index (κ3) is 7.94. The van der Waals surface area contributed by atoms with Crippen molar-refractivity contribution in [1.82, 2.24) is 10.2 Å². The van der Waals surface area contributed by atoms with E-state index in [0.29, 0.717) is 17.8 Å². The molecule has 4 aromatic carbocycles. The number of rotatable bonds is 13. The van der Waals surface area contributed by atoms with Gasteiger partial charge in [-0.3, -0.25) is 13.9 Å². The molecule has 4 aromatic rings. The van der Waals surface area contributed by atoms with E-state index in [9.17, 15) is 18.0 Å². The van der Waals surface area contributed by atoms with Gasteiger partial charge in [0.2, 0.25) is 11.8 Å². The van der Waals surface area contributed by atoms with Crippen LogP contribution in [0.25, 0.3) is 0 Å². The molecule has 8 heteroatoms. The van der Waals surface area contributed by atoms with Crippen LogP contribution in [0.1, 0.15) is 41.2 Å². The van der Waals surface area contributed by atoms with E-state index in [-0.39, 0.29) is 23.8 Å². The van der Waals surface area contributed by atoms with Crippen LogP contribution in [0.5, 0.6) is 0 Å². The molecule has 2 amide bonds. The Hall–Kier alpha value is -4.43. The van der Waals surface area contributed by atoms with Crippen molar-refractivity contribution >= 4 is 27.5 Å². The number of carbonyl (C=O) groups is 2. The van der Waals surface area contributed by atoms with E-state index < -0.39 is 28.5 Å². The quantitative estimate of drug-likeness (QED) is 0.202. The summed E-state index contributed by atoms with van der Waals surface area (Å²) in [7, 11) is -4.14. The summed E-state index contributed by atoms with van der Waals surface area (Å²) in [6.07, 6.45) is 1.02. The van der Waals surface area contributed by atoms with E-state index in [2.05, 4.69) is 5.32 Å². The van der Waals surface area contributed by atoms with Gasteiger partial charge in [0, 0.05) is 19.5 Å². The predicted octanol–water partition coefficient (Wildman–Crippen LogP) is 5.97. The average molecular weight is 612 g/mol. The van der Waals surface area contributed by atoms with Crippen LogP contribution in [0.4, 0.5) is 5.69 Å². The summed E-state index contributed by atoms with van der Waals surface area (Å²) in [5.74, 6) is -0.749. The molecule has 230 valence electrons. The van der Waals surface area contributed by atoms with Crippen LogP contribution in [-0.4, -0.2) is 44.3 Å². The van der Waals surface area contributed by atoms with E-state index >= 15 is 0 Å². The molecule has 0 spiro atoms. The summed E-state index contributed by atoms with van der Waals surface area (Å²) in [6.45, 7) is 7.78. The van der Waals surface area contributed by atoms with Crippen molar-refractivity contribution in [1.29, 1.82) is 0 Å². The summed E-state index contributed by atoms with van der Waals surface area (Å²) in [5, 5.41) is 2.98. The molecular formula is C36H41N3O4S. The van der Waals surface area contributed by atoms with E-state index in [1.165, 1.54) is 9.21 Å². The zero-order valence-corrected chi connectivity index (χ0v) is 26.7. The summed E-state index contributed by atoms with van der Waals surface area (Å²) in [4.78, 5) is 29.9. The fourth-order valence-corrected chi connectivity index (χ4v) is 6.56. The minimum absolute atomic E-state index is 0.0890. The number of sulfonamides is 1. The maximum atomic E-state index is 14.5. The van der Waals surface area contributed by atoms with Gasteiger partial charge in [-0.15, -0.1) is 0 Å². The second-order valence-electron chi connectivity index (χ2n) is 11.1. The molecule has 1 N–H and O–H groups in total. The lowest BCUT2D eigenvalue weighted by atomic mass is 10.0. The molecule has 0 heterocycles. The zero-order valence-electron chi connectivity index (χ0n) is 25.9. The van der Waals surface area contributed by atoms with E-state index in [4.69, 9.17) is 0 Å². The van der Waals surface area contributed by atoms with Gasteiger partial charge < -0.3 is 10.2 Å². The van der Waals surface area contributed by atoms with E-state index in [1.54, 1.807) is 36.4 Å². The Bertz CT molecular complexity index is 1670. The first-order valence-electron chi connectivity index (χ1n) is 14.9. The number of hydrogen-bond donors (Lipinski definition) is 1. The summed E-state index contributed by atoms with van der Waals surface area (Å²) in [6, 6.07) is 30.1. The number of anilines is 1. The molecule has 0 aromatic heterocycles. The number of nitrogens with one attached hydrogen (secondary N) is 1. The molecular weight excluding hydrogens is 570 g/mol. The van der Waals surface area contributed by atoms with Gasteiger partial charge in [0.25, 0.3) is 10.0 Å². The molecule has 1 atom stereocenters. The van der Waals surface area contributed by atoms with Crippen LogP contribution in [0.3, 0.4) is 0 Å². The van der Waals surface area contributed by atoms with Gasteiger partial charge in [-0.25, -0.2) is 8.42 Å². The largest absolute Gasteiger partial charge is 0.354 e. The SMILES string of the molecule is CCCNC(=O)C(Cc1ccccc1)N(Cc1ccccc1C)C(=O)CN(c1ccccc1C)S(=O)(=O)c1ccc(C)cc1. The fraction of sp³-hybridized carbons (Fsp3) is 0.278. The third-order valence-electron chi connectivity index (χ3n) is 7.69. The Morgan fingerprint density at radius 3 is 2.02 bits per heavy atom. The van der Waals surface area contributed by atoms with Gasteiger partial charge in [0.1, 0.15) is 12.6 Å². The molecule has 0 radical (unpaired) electrons. The number of aryl methyl sites for hydroxylation is 3. The summed E-state index contributed by atoms with van der Waals surface area (Å²) < 4.78 is 29.5. The number of benzene rings is 4. The molecule has 4 rings (SSSR count). The highest BCUT2D eigenvalue weighted by Gasteiger charge is 2.35. The lowest BCUT2D eigenvalue weighted by molar-refractivity contribution is -0.140. The maximum Gasteiger partial charge on any atom is 0.264 e. The summed E-state index contributed by atoms with van der Waals surface area (Å²) >= 11 is 0. The monoisotopic (exact) mass is 611 g/mol. The van der Waals surface area contributed by atoms with E-state index in [0.717, 1.165) is 28.7 Å². The molecule has 44 heavy (non-hydrogen) atoms. The molecule has 0 bridgehead atoms. The van der Waals surface area contributed by atoms with Gasteiger partial charge in [-0.2, -0.15) is 0 Å². The van der Waals surface area contributed by atoms with Crippen LogP contribution < -0.4 is 9.62 Å². The highest BCUT2D eigenvalue weighted by atomic mass is 32.2. The lowest BCUT2D eigenvalue weighted by Crippen LogP contribution is -2.53. The lowest BCUT2D eigenvalue weighted by Gasteiger charge is -2.34. The zero-order chi connectivity index (χ0) is 31.7. The number of amides is 2. The minimum atomic E-state index is -4.14. The molecule has 0 aliphatic heterocycles. The Labute approximate surface area is 261 Å². The number of para-hydroxylation sites is 1. The fourth-order valence-electron chi connectivity index (χ4n) is 5.09. The Kier molecular flexibility index (Phi) is 11.0. The first-order chi connectivity index (χ1) is 21.1. The van der Waals surface area contributed by atoms with Gasteiger partial charge in [0.05, 0.1) is 10.6 Å². The summed E-state index contributed by atoms with van der Waals surface area (Å²) in [5.41, 5.74) is 4.80. The highest BCUT2D eigenvalue weighted by Crippen LogP contribution is 2.28. The van der Waals surface area contributed by atoms with Crippen molar-refractivity contribution in [3.8, 4) is 0 Å². The molecule has 1 unspecified atom stereocenters. The predicted molar refractivity (Wildman–Crippen MR) is 176 cm³/mol.